The van der Waals surface area contributed by atoms with Crippen molar-refractivity contribution in [3.05, 3.63) is 69.3 Å². The van der Waals surface area contributed by atoms with Gasteiger partial charge in [-0.15, -0.1) is 11.3 Å². The van der Waals surface area contributed by atoms with Crippen molar-refractivity contribution in [3.63, 3.8) is 0 Å². The summed E-state index contributed by atoms with van der Waals surface area (Å²) in [5, 5.41) is 6.72. The van der Waals surface area contributed by atoms with Gasteiger partial charge in [0.2, 0.25) is 0 Å². The van der Waals surface area contributed by atoms with Crippen LogP contribution in [0.4, 0.5) is 4.39 Å². The van der Waals surface area contributed by atoms with Gasteiger partial charge in [0.1, 0.15) is 5.82 Å². The van der Waals surface area contributed by atoms with Gasteiger partial charge >= 0.3 is 0 Å². The number of halogens is 2. The van der Waals surface area contributed by atoms with Crippen LogP contribution in [0.3, 0.4) is 0 Å². The van der Waals surface area contributed by atoms with Crippen LogP contribution in [0.5, 0.6) is 0 Å². The molecule has 4 heteroatoms. The largest absolute Gasteiger partial charge is 0.306 e. The van der Waals surface area contributed by atoms with Crippen LogP contribution in [0.25, 0.3) is 10.1 Å². The van der Waals surface area contributed by atoms with Crippen molar-refractivity contribution < 1.29 is 4.39 Å². The summed E-state index contributed by atoms with van der Waals surface area (Å²) in [4.78, 5) is 0. The lowest BCUT2D eigenvalue weighted by molar-refractivity contribution is 0.561. The Morgan fingerprint density at radius 1 is 1.19 bits per heavy atom. The summed E-state index contributed by atoms with van der Waals surface area (Å²) in [7, 11) is 0. The first kappa shape index (κ1) is 14.7. The molecule has 1 atom stereocenters. The molecular weight excluding hydrogens is 349 g/mol. The number of fused-ring (bicyclic) bond motifs is 1. The fourth-order valence-electron chi connectivity index (χ4n) is 2.55. The Balaban J connectivity index is 2.13. The lowest BCUT2D eigenvalue weighted by atomic mass is 9.97. The molecule has 108 valence electrons. The van der Waals surface area contributed by atoms with E-state index in [4.69, 9.17) is 0 Å². The molecule has 1 N–H and O–H groups in total. The maximum absolute atomic E-state index is 14.3. The highest BCUT2D eigenvalue weighted by Crippen LogP contribution is 2.34. The summed E-state index contributed by atoms with van der Waals surface area (Å²) in [6.07, 6.45) is 0. The van der Waals surface area contributed by atoms with Gasteiger partial charge in [-0.3, -0.25) is 0 Å². The van der Waals surface area contributed by atoms with Crippen molar-refractivity contribution in [2.24, 2.45) is 0 Å². The number of hydrogen-bond donors (Lipinski definition) is 1. The third-order valence-corrected chi connectivity index (χ3v) is 4.98. The summed E-state index contributed by atoms with van der Waals surface area (Å²) in [6.45, 7) is 2.82. The van der Waals surface area contributed by atoms with Crippen molar-refractivity contribution in [2.45, 2.75) is 13.0 Å². The van der Waals surface area contributed by atoms with E-state index in [1.807, 2.05) is 31.2 Å². The summed E-state index contributed by atoms with van der Waals surface area (Å²) in [5.74, 6) is -0.189. The molecule has 21 heavy (non-hydrogen) atoms. The van der Waals surface area contributed by atoms with Crippen LogP contribution >= 0.6 is 27.3 Å². The number of thiophene rings is 1. The van der Waals surface area contributed by atoms with Gasteiger partial charge in [0.05, 0.1) is 6.04 Å². The van der Waals surface area contributed by atoms with E-state index in [0.29, 0.717) is 5.56 Å². The van der Waals surface area contributed by atoms with E-state index in [-0.39, 0.29) is 11.9 Å². The van der Waals surface area contributed by atoms with E-state index in [0.717, 1.165) is 16.6 Å². The smallest absolute Gasteiger partial charge is 0.129 e. The zero-order valence-corrected chi connectivity index (χ0v) is 14.0. The average molecular weight is 364 g/mol. The molecule has 0 aliphatic carbocycles. The Kier molecular flexibility index (Phi) is 4.38. The lowest BCUT2D eigenvalue weighted by Gasteiger charge is -2.19. The molecule has 0 fully saturated rings. The second kappa shape index (κ2) is 6.26. The molecule has 3 aromatic rings. The first-order valence-electron chi connectivity index (χ1n) is 6.85. The van der Waals surface area contributed by atoms with E-state index in [1.165, 1.54) is 16.2 Å². The van der Waals surface area contributed by atoms with Gasteiger partial charge in [0.15, 0.2) is 0 Å². The summed E-state index contributed by atoms with van der Waals surface area (Å²) >= 11 is 5.01. The fraction of sp³-hybridized carbons (Fsp3) is 0.176. The molecule has 0 aliphatic rings. The monoisotopic (exact) mass is 363 g/mol. The molecule has 0 bridgehead atoms. The second-order valence-corrected chi connectivity index (χ2v) is 6.67. The molecule has 0 saturated heterocycles. The molecule has 0 amide bonds. The number of hydrogen-bond acceptors (Lipinski definition) is 2. The SMILES string of the molecule is CCNC(c1ccc(Br)cc1F)c1csc2ccccc12. The Labute approximate surface area is 135 Å². The molecule has 0 saturated carbocycles. The van der Waals surface area contributed by atoms with Gasteiger partial charge in [-0.05, 0) is 41.1 Å². The van der Waals surface area contributed by atoms with Crippen molar-refractivity contribution in [1.29, 1.82) is 0 Å². The summed E-state index contributed by atoms with van der Waals surface area (Å²) in [6, 6.07) is 13.4. The minimum atomic E-state index is -0.189. The Bertz CT molecular complexity index is 768. The van der Waals surface area contributed by atoms with E-state index in [2.05, 4.69) is 38.8 Å². The minimum Gasteiger partial charge on any atom is -0.306 e. The number of benzene rings is 2. The normalized spacial score (nSPS) is 12.7. The van der Waals surface area contributed by atoms with Crippen LogP contribution in [0, 0.1) is 5.82 Å². The van der Waals surface area contributed by atoms with Crippen LogP contribution in [0.1, 0.15) is 24.1 Å². The molecular formula is C17H15BrFNS. The molecule has 0 radical (unpaired) electrons. The highest BCUT2D eigenvalue weighted by atomic mass is 79.9. The maximum atomic E-state index is 14.3. The van der Waals surface area contributed by atoms with Gasteiger partial charge in [-0.1, -0.05) is 47.1 Å². The van der Waals surface area contributed by atoms with Crippen LogP contribution < -0.4 is 5.32 Å². The Morgan fingerprint density at radius 2 is 2.00 bits per heavy atom. The zero-order chi connectivity index (χ0) is 14.8. The van der Waals surface area contributed by atoms with Gasteiger partial charge in [-0.2, -0.15) is 0 Å². The second-order valence-electron chi connectivity index (χ2n) is 4.84. The molecule has 1 aromatic heterocycles. The topological polar surface area (TPSA) is 12.0 Å². The van der Waals surface area contributed by atoms with E-state index in [1.54, 1.807) is 11.3 Å². The molecule has 1 nitrogen and oxygen atoms in total. The minimum absolute atomic E-state index is 0.126. The van der Waals surface area contributed by atoms with Gasteiger partial charge in [0, 0.05) is 14.7 Å². The number of nitrogens with one attached hydrogen (secondary N) is 1. The standard InChI is InChI=1S/C17H15BrFNS/c1-2-20-17(13-8-7-11(18)9-15(13)19)14-10-21-16-6-4-3-5-12(14)16/h3-10,17,20H,2H2,1H3. The van der Waals surface area contributed by atoms with Crippen molar-refractivity contribution in [2.75, 3.05) is 6.54 Å². The first-order valence-corrected chi connectivity index (χ1v) is 8.52. The van der Waals surface area contributed by atoms with Gasteiger partial charge in [-0.25, -0.2) is 4.39 Å². The molecule has 1 unspecified atom stereocenters. The fourth-order valence-corrected chi connectivity index (χ4v) is 3.87. The summed E-state index contributed by atoms with van der Waals surface area (Å²) < 4.78 is 16.3. The predicted molar refractivity (Wildman–Crippen MR) is 91.4 cm³/mol. The molecule has 0 spiro atoms. The van der Waals surface area contributed by atoms with Gasteiger partial charge < -0.3 is 5.32 Å². The molecule has 2 aromatic carbocycles. The van der Waals surface area contributed by atoms with Crippen molar-refractivity contribution >= 4 is 37.4 Å². The number of rotatable bonds is 4. The van der Waals surface area contributed by atoms with Crippen LogP contribution in [-0.2, 0) is 0 Å². The van der Waals surface area contributed by atoms with Crippen LogP contribution in [-0.4, -0.2) is 6.54 Å². The highest BCUT2D eigenvalue weighted by Gasteiger charge is 2.20. The van der Waals surface area contributed by atoms with Crippen LogP contribution in [0.15, 0.2) is 52.3 Å². The lowest BCUT2D eigenvalue weighted by Crippen LogP contribution is -2.22. The molecule has 0 aliphatic heterocycles. The quantitative estimate of drug-likeness (QED) is 0.644. The predicted octanol–water partition coefficient (Wildman–Crippen LogP) is 5.50. The molecule has 1 heterocycles. The Hall–Kier alpha value is -1.23. The third kappa shape index (κ3) is 2.89. The first-order chi connectivity index (χ1) is 10.2. The van der Waals surface area contributed by atoms with Gasteiger partial charge in [0.25, 0.3) is 0 Å². The van der Waals surface area contributed by atoms with Crippen molar-refractivity contribution in [3.8, 4) is 0 Å². The average Bonchev–Trinajstić information content (AvgIpc) is 2.89. The highest BCUT2D eigenvalue weighted by molar-refractivity contribution is 9.10. The van der Waals surface area contributed by atoms with E-state index < -0.39 is 0 Å². The Morgan fingerprint density at radius 3 is 2.76 bits per heavy atom. The van der Waals surface area contributed by atoms with Crippen LogP contribution in [0.2, 0.25) is 0 Å². The third-order valence-electron chi connectivity index (χ3n) is 3.50. The molecule has 3 rings (SSSR count). The van der Waals surface area contributed by atoms with E-state index in [9.17, 15) is 4.39 Å². The zero-order valence-electron chi connectivity index (χ0n) is 11.6. The van der Waals surface area contributed by atoms with E-state index >= 15 is 0 Å². The summed E-state index contributed by atoms with van der Waals surface area (Å²) in [5.41, 5.74) is 1.82. The maximum Gasteiger partial charge on any atom is 0.129 e. The van der Waals surface area contributed by atoms with Crippen molar-refractivity contribution in [1.82, 2.24) is 5.32 Å².